The van der Waals surface area contributed by atoms with Crippen molar-refractivity contribution < 1.29 is 9.53 Å². The fraction of sp³-hybridized carbons (Fsp3) is 0.625. The van der Waals surface area contributed by atoms with E-state index in [1.54, 1.807) is 0 Å². The number of hydrogen-bond acceptors (Lipinski definition) is 3. The van der Waals surface area contributed by atoms with Crippen molar-refractivity contribution in [3.05, 3.63) is 42.0 Å². The SMILES string of the molecule is CCN1CC2(CCC(N(C)C[C@H]3CC=CCC3)CC2)Oc2ccccc2C1=O. The van der Waals surface area contributed by atoms with E-state index in [9.17, 15) is 4.79 Å². The average molecular weight is 383 g/mol. The number of hydrogen-bond donors (Lipinski definition) is 0. The summed E-state index contributed by atoms with van der Waals surface area (Å²) in [5.41, 5.74) is 0.481. The molecule has 0 bridgehead atoms. The van der Waals surface area contributed by atoms with Crippen molar-refractivity contribution in [1.29, 1.82) is 0 Å². The average Bonchev–Trinajstić information content (AvgIpc) is 2.84. The molecule has 1 aliphatic heterocycles. The summed E-state index contributed by atoms with van der Waals surface area (Å²) < 4.78 is 6.58. The molecule has 1 saturated carbocycles. The zero-order valence-corrected chi connectivity index (χ0v) is 17.4. The summed E-state index contributed by atoms with van der Waals surface area (Å²) in [7, 11) is 2.30. The van der Waals surface area contributed by atoms with Gasteiger partial charge in [0.2, 0.25) is 0 Å². The molecule has 1 atom stereocenters. The number of carbonyl (C=O) groups is 1. The van der Waals surface area contributed by atoms with Crippen molar-refractivity contribution in [3.63, 3.8) is 0 Å². The third kappa shape index (κ3) is 3.98. The number of para-hydroxylation sites is 1. The van der Waals surface area contributed by atoms with Crippen molar-refractivity contribution in [2.45, 2.75) is 63.5 Å². The molecule has 28 heavy (non-hydrogen) atoms. The summed E-state index contributed by atoms with van der Waals surface area (Å²) in [5.74, 6) is 1.68. The Kier molecular flexibility index (Phi) is 5.77. The number of benzene rings is 1. The van der Waals surface area contributed by atoms with Crippen LogP contribution in [0.2, 0.25) is 0 Å². The van der Waals surface area contributed by atoms with E-state index in [0.29, 0.717) is 18.2 Å². The lowest BCUT2D eigenvalue weighted by molar-refractivity contribution is -0.0125. The van der Waals surface area contributed by atoms with Crippen molar-refractivity contribution in [2.75, 3.05) is 26.7 Å². The molecule has 0 aromatic heterocycles. The first kappa shape index (κ1) is 19.5. The summed E-state index contributed by atoms with van der Waals surface area (Å²) in [4.78, 5) is 17.5. The van der Waals surface area contributed by atoms with E-state index in [1.807, 2.05) is 29.2 Å². The number of fused-ring (bicyclic) bond motifs is 1. The van der Waals surface area contributed by atoms with Gasteiger partial charge in [-0.25, -0.2) is 0 Å². The standard InChI is InChI=1S/C24H34N2O2/c1-3-26-18-24(28-22-12-8-7-11-21(22)23(26)27)15-13-20(14-16-24)25(2)17-19-9-5-4-6-10-19/h4-5,7-8,11-12,19-20H,3,6,9-10,13-18H2,1-2H3/t19-,20?,24?/m0/s1. The number of allylic oxidation sites excluding steroid dienone is 2. The number of likely N-dealkylation sites (N-methyl/N-ethyl adjacent to an activating group) is 1. The molecular weight excluding hydrogens is 348 g/mol. The molecule has 0 saturated heterocycles. The van der Waals surface area contributed by atoms with Gasteiger partial charge in [-0.3, -0.25) is 4.79 Å². The number of amides is 1. The first-order chi connectivity index (χ1) is 13.6. The van der Waals surface area contributed by atoms with Gasteiger partial charge in [-0.1, -0.05) is 24.3 Å². The van der Waals surface area contributed by atoms with Crippen molar-refractivity contribution in [2.24, 2.45) is 5.92 Å². The van der Waals surface area contributed by atoms with E-state index in [1.165, 1.54) is 25.8 Å². The van der Waals surface area contributed by atoms with Crippen molar-refractivity contribution >= 4 is 5.91 Å². The van der Waals surface area contributed by atoms with Gasteiger partial charge >= 0.3 is 0 Å². The summed E-state index contributed by atoms with van der Waals surface area (Å²) in [6.07, 6.45) is 12.8. The Morgan fingerprint density at radius 2 is 1.96 bits per heavy atom. The molecule has 0 unspecified atom stereocenters. The van der Waals surface area contributed by atoms with Crippen LogP contribution >= 0.6 is 0 Å². The third-order valence-electron chi connectivity index (χ3n) is 7.01. The lowest BCUT2D eigenvalue weighted by atomic mass is 9.80. The minimum absolute atomic E-state index is 0.111. The molecule has 2 aliphatic carbocycles. The van der Waals surface area contributed by atoms with Crippen LogP contribution in [0.4, 0.5) is 0 Å². The molecule has 4 heteroatoms. The molecule has 1 heterocycles. The largest absolute Gasteiger partial charge is 0.485 e. The second kappa shape index (κ2) is 8.28. The predicted molar refractivity (Wildman–Crippen MR) is 113 cm³/mol. The lowest BCUT2D eigenvalue weighted by Gasteiger charge is -2.44. The van der Waals surface area contributed by atoms with Crippen LogP contribution in [0, 0.1) is 5.92 Å². The summed E-state index contributed by atoms with van der Waals surface area (Å²) in [6, 6.07) is 8.39. The van der Waals surface area contributed by atoms with Crippen LogP contribution in [0.1, 0.15) is 62.2 Å². The Bertz CT molecular complexity index is 721. The zero-order valence-electron chi connectivity index (χ0n) is 17.4. The highest BCUT2D eigenvalue weighted by atomic mass is 16.5. The van der Waals surface area contributed by atoms with Gasteiger partial charge < -0.3 is 14.5 Å². The molecule has 1 spiro atoms. The molecule has 0 N–H and O–H groups in total. The first-order valence-electron chi connectivity index (χ1n) is 11.0. The van der Waals surface area contributed by atoms with Crippen LogP contribution in [0.15, 0.2) is 36.4 Å². The van der Waals surface area contributed by atoms with Gasteiger partial charge in [0.25, 0.3) is 5.91 Å². The van der Waals surface area contributed by atoms with Crippen LogP contribution in [-0.4, -0.2) is 54.0 Å². The van der Waals surface area contributed by atoms with E-state index in [-0.39, 0.29) is 11.5 Å². The Hall–Kier alpha value is -1.81. The molecule has 0 radical (unpaired) electrons. The Morgan fingerprint density at radius 3 is 2.68 bits per heavy atom. The maximum absolute atomic E-state index is 12.9. The number of rotatable bonds is 4. The number of ether oxygens (including phenoxy) is 1. The summed E-state index contributed by atoms with van der Waals surface area (Å²) in [5, 5.41) is 0. The molecule has 1 fully saturated rings. The van der Waals surface area contributed by atoms with E-state index >= 15 is 0 Å². The zero-order chi connectivity index (χ0) is 19.6. The van der Waals surface area contributed by atoms with Gasteiger partial charge in [-0.05, 0) is 77.0 Å². The second-order valence-electron chi connectivity index (χ2n) is 8.92. The smallest absolute Gasteiger partial charge is 0.257 e. The van der Waals surface area contributed by atoms with Gasteiger partial charge in [-0.2, -0.15) is 0 Å². The van der Waals surface area contributed by atoms with Gasteiger partial charge in [-0.15, -0.1) is 0 Å². The monoisotopic (exact) mass is 382 g/mol. The van der Waals surface area contributed by atoms with E-state index in [4.69, 9.17) is 4.74 Å². The Morgan fingerprint density at radius 1 is 1.18 bits per heavy atom. The van der Waals surface area contributed by atoms with Crippen LogP contribution in [-0.2, 0) is 0 Å². The summed E-state index contributed by atoms with van der Waals surface area (Å²) in [6.45, 7) is 4.71. The molecule has 4 rings (SSSR count). The van der Waals surface area contributed by atoms with E-state index in [0.717, 1.165) is 43.9 Å². The highest BCUT2D eigenvalue weighted by Gasteiger charge is 2.43. The van der Waals surface area contributed by atoms with Gasteiger partial charge in [0.1, 0.15) is 11.4 Å². The second-order valence-corrected chi connectivity index (χ2v) is 8.92. The summed E-state index contributed by atoms with van der Waals surface area (Å²) >= 11 is 0. The molecule has 3 aliphatic rings. The van der Waals surface area contributed by atoms with Crippen molar-refractivity contribution in [1.82, 2.24) is 9.80 Å². The van der Waals surface area contributed by atoms with Gasteiger partial charge in [0.05, 0.1) is 12.1 Å². The number of carbonyl (C=O) groups excluding carboxylic acids is 1. The van der Waals surface area contributed by atoms with Gasteiger partial charge in [0.15, 0.2) is 0 Å². The normalized spacial score (nSPS) is 30.2. The van der Waals surface area contributed by atoms with Crippen LogP contribution in [0.25, 0.3) is 0 Å². The Labute approximate surface area is 169 Å². The fourth-order valence-electron chi connectivity index (χ4n) is 5.25. The highest BCUT2D eigenvalue weighted by molar-refractivity contribution is 5.97. The first-order valence-corrected chi connectivity index (χ1v) is 11.0. The third-order valence-corrected chi connectivity index (χ3v) is 7.01. The van der Waals surface area contributed by atoms with Crippen LogP contribution in [0.5, 0.6) is 5.75 Å². The van der Waals surface area contributed by atoms with Crippen LogP contribution < -0.4 is 4.74 Å². The minimum atomic E-state index is -0.233. The van der Waals surface area contributed by atoms with E-state index < -0.39 is 0 Å². The van der Waals surface area contributed by atoms with Gasteiger partial charge in [0, 0.05) is 19.1 Å². The topological polar surface area (TPSA) is 32.8 Å². The Balaban J connectivity index is 1.44. The number of nitrogens with zero attached hydrogens (tertiary/aromatic N) is 2. The maximum atomic E-state index is 12.9. The van der Waals surface area contributed by atoms with E-state index in [2.05, 4.69) is 31.0 Å². The van der Waals surface area contributed by atoms with Crippen LogP contribution in [0.3, 0.4) is 0 Å². The molecule has 152 valence electrons. The highest BCUT2D eigenvalue weighted by Crippen LogP contribution is 2.39. The molecule has 4 nitrogen and oxygen atoms in total. The van der Waals surface area contributed by atoms with Crippen molar-refractivity contribution in [3.8, 4) is 5.75 Å². The molecule has 1 aromatic carbocycles. The minimum Gasteiger partial charge on any atom is -0.485 e. The maximum Gasteiger partial charge on any atom is 0.257 e. The predicted octanol–water partition coefficient (Wildman–Crippen LogP) is 4.51. The molecule has 1 amide bonds. The molecular formula is C24H34N2O2. The fourth-order valence-corrected chi connectivity index (χ4v) is 5.25. The lowest BCUT2D eigenvalue weighted by Crippen LogP contribution is -2.52. The quantitative estimate of drug-likeness (QED) is 0.718. The molecule has 1 aromatic rings.